The summed E-state index contributed by atoms with van der Waals surface area (Å²) in [6.45, 7) is 0. The molecule has 1 aromatic rings. The first-order valence-corrected chi connectivity index (χ1v) is 12.1. The van der Waals surface area contributed by atoms with Crippen LogP contribution in [0.25, 0.3) is 0 Å². The molecular weight excluding hydrogens is 534 g/mol. The number of rotatable bonds is 18. The molecule has 0 heterocycles. The fraction of sp³-hybridized carbons (Fsp3) is 0.458. The number of nitrogens with two attached hydrogens (primary N) is 2. The Labute approximate surface area is 228 Å². The molecule has 0 saturated heterocycles. The highest BCUT2D eigenvalue weighted by Gasteiger charge is 2.31. The number of aromatic hydroxyl groups is 1. The summed E-state index contributed by atoms with van der Waals surface area (Å²) in [4.78, 5) is 83.2. The first-order valence-electron chi connectivity index (χ1n) is 12.1. The van der Waals surface area contributed by atoms with Gasteiger partial charge < -0.3 is 47.8 Å². The highest BCUT2D eigenvalue weighted by Crippen LogP contribution is 2.12. The van der Waals surface area contributed by atoms with Gasteiger partial charge in [-0.25, -0.2) is 4.79 Å². The lowest BCUT2D eigenvalue weighted by molar-refractivity contribution is -0.142. The van der Waals surface area contributed by atoms with E-state index in [1.54, 1.807) is 0 Å². The average Bonchev–Trinajstić information content (AvgIpc) is 2.87. The van der Waals surface area contributed by atoms with Crippen molar-refractivity contribution in [2.45, 2.75) is 69.1 Å². The molecule has 4 unspecified atom stereocenters. The molecule has 0 aromatic heterocycles. The summed E-state index contributed by atoms with van der Waals surface area (Å²) in [5, 5.41) is 43.6. The molecule has 16 nitrogen and oxygen atoms in total. The maximum absolute atomic E-state index is 13.1. The van der Waals surface area contributed by atoms with Crippen LogP contribution in [-0.4, -0.2) is 86.1 Å². The lowest BCUT2D eigenvalue weighted by Gasteiger charge is -2.25. The third-order valence-corrected chi connectivity index (χ3v) is 5.59. The van der Waals surface area contributed by atoms with Crippen LogP contribution >= 0.6 is 0 Å². The van der Waals surface area contributed by atoms with Crippen molar-refractivity contribution >= 4 is 41.5 Å². The van der Waals surface area contributed by atoms with Crippen LogP contribution in [0.3, 0.4) is 0 Å². The van der Waals surface area contributed by atoms with Gasteiger partial charge in [-0.05, 0) is 37.0 Å². The molecule has 0 bridgehead atoms. The third-order valence-electron chi connectivity index (χ3n) is 5.59. The fourth-order valence-electron chi connectivity index (χ4n) is 3.39. The largest absolute Gasteiger partial charge is 0.508 e. The number of hydrogen-bond donors (Lipinski definition) is 9. The van der Waals surface area contributed by atoms with E-state index < -0.39 is 85.0 Å². The monoisotopic (exact) mass is 567 g/mol. The highest BCUT2D eigenvalue weighted by atomic mass is 16.4. The van der Waals surface area contributed by atoms with Crippen molar-refractivity contribution in [3.05, 3.63) is 29.8 Å². The van der Waals surface area contributed by atoms with Gasteiger partial charge in [0.15, 0.2) is 0 Å². The Morgan fingerprint density at radius 2 is 1.15 bits per heavy atom. The van der Waals surface area contributed by atoms with Crippen molar-refractivity contribution in [1.29, 1.82) is 0 Å². The van der Waals surface area contributed by atoms with E-state index in [1.165, 1.54) is 24.3 Å². The summed E-state index contributed by atoms with van der Waals surface area (Å²) in [5.74, 6) is -7.74. The molecule has 4 amide bonds. The van der Waals surface area contributed by atoms with Crippen LogP contribution in [0.5, 0.6) is 5.75 Å². The number of benzene rings is 1. The minimum absolute atomic E-state index is 0.0816. The molecule has 0 radical (unpaired) electrons. The molecular formula is C24H33N5O11. The van der Waals surface area contributed by atoms with Crippen LogP contribution < -0.4 is 27.4 Å². The SMILES string of the molecule is NC(=O)CCC(NC(=O)C(Cc1ccc(O)cc1)NC(=O)C(CCC(=O)O)NC(=O)C(N)CCC(=O)O)C(=O)O. The first-order chi connectivity index (χ1) is 18.7. The summed E-state index contributed by atoms with van der Waals surface area (Å²) < 4.78 is 0. The number of phenolic OH excluding ortho intramolecular Hbond substituents is 1. The van der Waals surface area contributed by atoms with Crippen LogP contribution in [0.4, 0.5) is 0 Å². The number of amides is 4. The number of aliphatic carboxylic acids is 3. The second-order valence-corrected chi connectivity index (χ2v) is 8.87. The minimum atomic E-state index is -1.53. The quantitative estimate of drug-likeness (QED) is 0.0913. The summed E-state index contributed by atoms with van der Waals surface area (Å²) in [6, 6.07) is -0.301. The number of hydrogen-bond acceptors (Lipinski definition) is 9. The van der Waals surface area contributed by atoms with Gasteiger partial charge in [0.25, 0.3) is 0 Å². The molecule has 220 valence electrons. The molecule has 0 spiro atoms. The average molecular weight is 568 g/mol. The Morgan fingerprint density at radius 1 is 0.675 bits per heavy atom. The van der Waals surface area contributed by atoms with Crippen molar-refractivity contribution in [3.63, 3.8) is 0 Å². The lowest BCUT2D eigenvalue weighted by Crippen LogP contribution is -2.57. The summed E-state index contributed by atoms with van der Waals surface area (Å²) >= 11 is 0. The molecule has 40 heavy (non-hydrogen) atoms. The van der Waals surface area contributed by atoms with Gasteiger partial charge in [-0.3, -0.25) is 28.8 Å². The number of nitrogens with one attached hydrogen (secondary N) is 3. The predicted molar refractivity (Wildman–Crippen MR) is 135 cm³/mol. The van der Waals surface area contributed by atoms with Gasteiger partial charge in [-0.2, -0.15) is 0 Å². The topological polar surface area (TPSA) is 289 Å². The molecule has 4 atom stereocenters. The van der Waals surface area contributed by atoms with Crippen molar-refractivity contribution in [3.8, 4) is 5.75 Å². The second-order valence-electron chi connectivity index (χ2n) is 8.87. The number of primary amides is 1. The molecule has 0 fully saturated rings. The van der Waals surface area contributed by atoms with Crippen LogP contribution in [-0.2, 0) is 40.0 Å². The maximum atomic E-state index is 13.1. The zero-order valence-corrected chi connectivity index (χ0v) is 21.4. The molecule has 0 aliphatic carbocycles. The van der Waals surface area contributed by atoms with E-state index in [9.17, 15) is 43.8 Å². The Kier molecular flexibility index (Phi) is 13.6. The number of carboxylic acids is 3. The molecule has 0 saturated carbocycles. The van der Waals surface area contributed by atoms with E-state index in [4.69, 9.17) is 21.7 Å². The van der Waals surface area contributed by atoms with Gasteiger partial charge >= 0.3 is 17.9 Å². The summed E-state index contributed by atoms with van der Waals surface area (Å²) in [5.41, 5.74) is 11.2. The van der Waals surface area contributed by atoms with Gasteiger partial charge in [0, 0.05) is 25.7 Å². The van der Waals surface area contributed by atoms with E-state index in [0.29, 0.717) is 5.56 Å². The Morgan fingerprint density at radius 3 is 1.68 bits per heavy atom. The van der Waals surface area contributed by atoms with Gasteiger partial charge in [0.05, 0.1) is 6.04 Å². The van der Waals surface area contributed by atoms with E-state index in [1.807, 2.05) is 0 Å². The lowest BCUT2D eigenvalue weighted by atomic mass is 10.0. The highest BCUT2D eigenvalue weighted by molar-refractivity contribution is 5.94. The first kappa shape index (κ1) is 33.3. The Hall–Kier alpha value is -4.73. The van der Waals surface area contributed by atoms with E-state index >= 15 is 0 Å². The van der Waals surface area contributed by atoms with Crippen LogP contribution in [0.2, 0.25) is 0 Å². The van der Waals surface area contributed by atoms with Crippen LogP contribution in [0.1, 0.15) is 44.1 Å². The number of carbonyl (C=O) groups excluding carboxylic acids is 4. The van der Waals surface area contributed by atoms with Crippen molar-refractivity contribution in [2.75, 3.05) is 0 Å². The van der Waals surface area contributed by atoms with Gasteiger partial charge in [0.1, 0.15) is 23.9 Å². The van der Waals surface area contributed by atoms with E-state index in [2.05, 4.69) is 16.0 Å². The van der Waals surface area contributed by atoms with Gasteiger partial charge in [-0.15, -0.1) is 0 Å². The second kappa shape index (κ2) is 16.3. The molecule has 0 aliphatic rings. The molecule has 0 aliphatic heterocycles. The van der Waals surface area contributed by atoms with Crippen LogP contribution in [0.15, 0.2) is 24.3 Å². The summed E-state index contributed by atoms with van der Waals surface area (Å²) in [6.07, 6.45) is -2.57. The number of phenols is 1. The Bertz CT molecular complexity index is 1090. The van der Waals surface area contributed by atoms with E-state index in [0.717, 1.165) is 0 Å². The molecule has 1 aromatic carbocycles. The van der Waals surface area contributed by atoms with Crippen molar-refractivity contribution in [2.24, 2.45) is 11.5 Å². The maximum Gasteiger partial charge on any atom is 0.326 e. The number of carboxylic acid groups (broad SMARTS) is 3. The van der Waals surface area contributed by atoms with Gasteiger partial charge in [0.2, 0.25) is 23.6 Å². The Balaban J connectivity index is 3.17. The zero-order valence-electron chi connectivity index (χ0n) is 21.4. The van der Waals surface area contributed by atoms with Crippen molar-refractivity contribution < 1.29 is 54.0 Å². The molecule has 16 heteroatoms. The number of carbonyl (C=O) groups is 7. The van der Waals surface area contributed by atoms with E-state index in [-0.39, 0.29) is 31.4 Å². The van der Waals surface area contributed by atoms with Crippen LogP contribution in [0, 0.1) is 0 Å². The molecule has 11 N–H and O–H groups in total. The smallest absolute Gasteiger partial charge is 0.326 e. The predicted octanol–water partition coefficient (Wildman–Crippen LogP) is -2.20. The normalized spacial score (nSPS) is 13.6. The summed E-state index contributed by atoms with van der Waals surface area (Å²) in [7, 11) is 0. The third kappa shape index (κ3) is 12.7. The fourth-order valence-corrected chi connectivity index (χ4v) is 3.39. The van der Waals surface area contributed by atoms with Gasteiger partial charge in [-0.1, -0.05) is 12.1 Å². The molecule has 1 rings (SSSR count). The van der Waals surface area contributed by atoms with Crippen molar-refractivity contribution in [1.82, 2.24) is 16.0 Å². The minimum Gasteiger partial charge on any atom is -0.508 e. The zero-order chi connectivity index (χ0) is 30.4. The standard InChI is InChI=1S/C24H33N5O11/c25-14(5-9-19(32)33)21(36)27-15(7-10-20(34)35)22(37)29-17(11-12-1-3-13(30)4-2-12)23(38)28-16(24(39)40)6-8-18(26)31/h1-4,14-17,30H,5-11,25H2,(H2,26,31)(H,27,36)(H,28,38)(H,29,37)(H,32,33)(H,34,35)(H,39,40).